The van der Waals surface area contributed by atoms with Gasteiger partial charge in [0, 0.05) is 23.7 Å². The number of hydrogen-bond donors (Lipinski definition) is 1. The van der Waals surface area contributed by atoms with Gasteiger partial charge in [0.25, 0.3) is 5.91 Å². The van der Waals surface area contributed by atoms with Gasteiger partial charge in [-0.1, -0.05) is 32.0 Å². The van der Waals surface area contributed by atoms with Crippen molar-refractivity contribution >= 4 is 33.2 Å². The molecule has 0 bridgehead atoms. The van der Waals surface area contributed by atoms with Crippen molar-refractivity contribution < 1.29 is 9.59 Å². The maximum atomic E-state index is 12.5. The summed E-state index contributed by atoms with van der Waals surface area (Å²) in [6, 6.07) is 8.20. The molecule has 1 saturated heterocycles. The zero-order chi connectivity index (χ0) is 17.3. The van der Waals surface area contributed by atoms with E-state index in [1.54, 1.807) is 0 Å². The molecular formula is C19H24N2O2S. The largest absolute Gasteiger partial charge is 0.365 e. The molecule has 1 atom stereocenters. The number of hydrogen-bond acceptors (Lipinski definition) is 3. The Balaban J connectivity index is 1.90. The van der Waals surface area contributed by atoms with Crippen molar-refractivity contribution in [2.45, 2.75) is 45.6 Å². The smallest absolute Gasteiger partial charge is 0.259 e. The molecule has 3 rings (SSSR count). The quantitative estimate of drug-likeness (QED) is 0.901. The van der Waals surface area contributed by atoms with Crippen LogP contribution in [0.5, 0.6) is 0 Å². The lowest BCUT2D eigenvalue weighted by Crippen LogP contribution is -2.37. The molecule has 0 aliphatic carbocycles. The van der Waals surface area contributed by atoms with E-state index in [0.717, 1.165) is 35.0 Å². The summed E-state index contributed by atoms with van der Waals surface area (Å²) in [5.74, 6) is 0.221. The Morgan fingerprint density at radius 3 is 2.79 bits per heavy atom. The van der Waals surface area contributed by atoms with Crippen LogP contribution in [0.4, 0.5) is 0 Å². The fourth-order valence-corrected chi connectivity index (χ4v) is 4.66. The number of thiophene rings is 1. The number of carbonyl (C=O) groups excluding carboxylic acids is 2. The van der Waals surface area contributed by atoms with E-state index in [9.17, 15) is 9.59 Å². The van der Waals surface area contributed by atoms with E-state index in [0.29, 0.717) is 23.6 Å². The maximum Gasteiger partial charge on any atom is 0.259 e. The Labute approximate surface area is 146 Å². The predicted molar refractivity (Wildman–Crippen MR) is 98.2 cm³/mol. The molecule has 1 aromatic heterocycles. The molecule has 2 heterocycles. The second-order valence-electron chi connectivity index (χ2n) is 6.96. The average Bonchev–Trinajstić information content (AvgIpc) is 3.12. The third-order valence-electron chi connectivity index (χ3n) is 4.64. The third-order valence-corrected chi connectivity index (χ3v) is 5.87. The normalized spacial score (nSPS) is 17.8. The van der Waals surface area contributed by atoms with Gasteiger partial charge in [0.05, 0.1) is 4.88 Å². The molecule has 2 N–H and O–H groups in total. The highest BCUT2D eigenvalue weighted by molar-refractivity contribution is 7.21. The van der Waals surface area contributed by atoms with E-state index in [2.05, 4.69) is 13.8 Å². The van der Waals surface area contributed by atoms with Crippen LogP contribution in [0.15, 0.2) is 24.3 Å². The van der Waals surface area contributed by atoms with Crippen LogP contribution in [0.3, 0.4) is 0 Å². The molecule has 1 aliphatic heterocycles. The van der Waals surface area contributed by atoms with E-state index in [1.165, 1.54) is 11.3 Å². The molecule has 1 aliphatic rings. The third kappa shape index (κ3) is 3.31. The highest BCUT2D eigenvalue weighted by Crippen LogP contribution is 2.34. The lowest BCUT2D eigenvalue weighted by atomic mass is 10.00. The number of nitrogens with zero attached hydrogens (tertiary/aromatic N) is 1. The first-order chi connectivity index (χ1) is 11.5. The fourth-order valence-electron chi connectivity index (χ4n) is 3.58. The van der Waals surface area contributed by atoms with E-state index < -0.39 is 0 Å². The van der Waals surface area contributed by atoms with Crippen LogP contribution in [0, 0.1) is 5.92 Å². The van der Waals surface area contributed by atoms with E-state index in [-0.39, 0.29) is 17.9 Å². The summed E-state index contributed by atoms with van der Waals surface area (Å²) in [5.41, 5.74) is 6.62. The minimum absolute atomic E-state index is 0.173. The Kier molecular flexibility index (Phi) is 4.90. The van der Waals surface area contributed by atoms with Crippen LogP contribution < -0.4 is 5.73 Å². The summed E-state index contributed by atoms with van der Waals surface area (Å²) < 4.78 is 1.08. The first-order valence-electron chi connectivity index (χ1n) is 8.57. The summed E-state index contributed by atoms with van der Waals surface area (Å²) in [6.45, 7) is 4.96. The monoisotopic (exact) mass is 344 g/mol. The Morgan fingerprint density at radius 1 is 1.33 bits per heavy atom. The van der Waals surface area contributed by atoms with Crippen LogP contribution in [0.2, 0.25) is 0 Å². The number of nitrogens with two attached hydrogens (primary N) is 1. The van der Waals surface area contributed by atoms with Gasteiger partial charge >= 0.3 is 0 Å². The van der Waals surface area contributed by atoms with Gasteiger partial charge in [-0.25, -0.2) is 0 Å². The van der Waals surface area contributed by atoms with Crippen molar-refractivity contribution in [1.29, 1.82) is 0 Å². The molecule has 2 aromatic rings. The van der Waals surface area contributed by atoms with E-state index in [1.807, 2.05) is 29.2 Å². The van der Waals surface area contributed by atoms with Crippen LogP contribution in [-0.4, -0.2) is 29.3 Å². The fraction of sp³-hybridized carbons (Fsp3) is 0.474. The molecule has 0 spiro atoms. The second kappa shape index (κ2) is 6.93. The molecule has 4 nitrogen and oxygen atoms in total. The minimum atomic E-state index is -0.371. The van der Waals surface area contributed by atoms with Crippen molar-refractivity contribution in [3.05, 3.63) is 34.7 Å². The summed E-state index contributed by atoms with van der Waals surface area (Å²) in [4.78, 5) is 27.0. The van der Waals surface area contributed by atoms with Crippen molar-refractivity contribution in [2.24, 2.45) is 11.7 Å². The number of rotatable bonds is 5. The highest BCUT2D eigenvalue weighted by atomic mass is 32.1. The van der Waals surface area contributed by atoms with Crippen LogP contribution in [0.25, 0.3) is 10.1 Å². The van der Waals surface area contributed by atoms with Gasteiger partial charge in [-0.2, -0.15) is 0 Å². The molecule has 24 heavy (non-hydrogen) atoms. The second-order valence-corrected chi connectivity index (χ2v) is 8.01. The first-order valence-corrected chi connectivity index (χ1v) is 9.38. The molecule has 0 unspecified atom stereocenters. The number of likely N-dealkylation sites (tertiary alicyclic amines) is 1. The topological polar surface area (TPSA) is 63.4 Å². The van der Waals surface area contributed by atoms with E-state index >= 15 is 0 Å². The molecule has 0 saturated carbocycles. The Morgan fingerprint density at radius 2 is 2.08 bits per heavy atom. The lowest BCUT2D eigenvalue weighted by Gasteiger charge is -2.26. The van der Waals surface area contributed by atoms with Gasteiger partial charge in [0.2, 0.25) is 5.91 Å². The number of benzene rings is 1. The zero-order valence-corrected chi connectivity index (χ0v) is 15.1. The standard InChI is InChI=1S/C19H24N2O2S/c1-12(2)10-17(22)21-9-5-6-13(21)11-15-14-7-3-4-8-16(14)24-18(15)19(20)23/h3-4,7-8,12-13H,5-6,9-11H2,1-2H3,(H2,20,23)/t13-/m1/s1. The number of primary amides is 1. The molecule has 0 radical (unpaired) electrons. The van der Waals surface area contributed by atoms with Crippen molar-refractivity contribution in [1.82, 2.24) is 4.90 Å². The molecule has 128 valence electrons. The molecular weight excluding hydrogens is 320 g/mol. The summed E-state index contributed by atoms with van der Waals surface area (Å²) in [6.07, 6.45) is 3.32. The predicted octanol–water partition coefficient (Wildman–Crippen LogP) is 3.58. The highest BCUT2D eigenvalue weighted by Gasteiger charge is 2.31. The average molecular weight is 344 g/mol. The SMILES string of the molecule is CC(C)CC(=O)N1CCC[C@@H]1Cc1c(C(N)=O)sc2ccccc12. The van der Waals surface area contributed by atoms with Gasteiger partial charge in [0.15, 0.2) is 0 Å². The van der Waals surface area contributed by atoms with Crippen molar-refractivity contribution in [2.75, 3.05) is 6.54 Å². The number of carbonyl (C=O) groups is 2. The van der Waals surface area contributed by atoms with Crippen LogP contribution >= 0.6 is 11.3 Å². The van der Waals surface area contributed by atoms with Crippen LogP contribution in [-0.2, 0) is 11.2 Å². The summed E-state index contributed by atoms with van der Waals surface area (Å²) >= 11 is 1.46. The zero-order valence-electron chi connectivity index (χ0n) is 14.2. The van der Waals surface area contributed by atoms with Gasteiger partial charge < -0.3 is 10.6 Å². The summed E-state index contributed by atoms with van der Waals surface area (Å²) in [7, 11) is 0. The Hall–Kier alpha value is -1.88. The van der Waals surface area contributed by atoms with Gasteiger partial charge in [-0.15, -0.1) is 11.3 Å². The molecule has 1 aromatic carbocycles. The van der Waals surface area contributed by atoms with Gasteiger partial charge in [-0.05, 0) is 42.2 Å². The van der Waals surface area contributed by atoms with Gasteiger partial charge in [-0.3, -0.25) is 9.59 Å². The number of amides is 2. The van der Waals surface area contributed by atoms with Crippen LogP contribution in [0.1, 0.15) is 48.3 Å². The Bertz CT molecular complexity index is 766. The molecule has 2 amide bonds. The molecule has 5 heteroatoms. The minimum Gasteiger partial charge on any atom is -0.365 e. The first kappa shape index (κ1) is 17.0. The maximum absolute atomic E-state index is 12.5. The van der Waals surface area contributed by atoms with Crippen molar-refractivity contribution in [3.8, 4) is 0 Å². The summed E-state index contributed by atoms with van der Waals surface area (Å²) in [5, 5.41) is 1.10. The van der Waals surface area contributed by atoms with Gasteiger partial charge in [0.1, 0.15) is 0 Å². The molecule has 1 fully saturated rings. The number of fused-ring (bicyclic) bond motifs is 1. The lowest BCUT2D eigenvalue weighted by molar-refractivity contribution is -0.132. The van der Waals surface area contributed by atoms with Crippen molar-refractivity contribution in [3.63, 3.8) is 0 Å². The van der Waals surface area contributed by atoms with E-state index in [4.69, 9.17) is 5.73 Å².